The van der Waals surface area contributed by atoms with Gasteiger partial charge in [-0.1, -0.05) is 71.9 Å². The molecular weight excluding hydrogens is 404 g/mol. The fourth-order valence-corrected chi connectivity index (χ4v) is 3.21. The van der Waals surface area contributed by atoms with E-state index in [1.807, 2.05) is 42.5 Å². The van der Waals surface area contributed by atoms with Gasteiger partial charge in [0.1, 0.15) is 11.4 Å². The zero-order valence-electron chi connectivity index (χ0n) is 19.4. The summed E-state index contributed by atoms with van der Waals surface area (Å²) in [7, 11) is 0. The Balaban J connectivity index is 1.79. The van der Waals surface area contributed by atoms with Crippen molar-refractivity contribution in [2.45, 2.75) is 52.4 Å². The Morgan fingerprint density at radius 1 is 0.844 bits per heavy atom. The van der Waals surface area contributed by atoms with E-state index in [1.165, 1.54) is 17.7 Å². The number of urea groups is 1. The van der Waals surface area contributed by atoms with E-state index < -0.39 is 12.0 Å². The summed E-state index contributed by atoms with van der Waals surface area (Å²) in [5.41, 5.74) is 2.86. The van der Waals surface area contributed by atoms with Crippen molar-refractivity contribution < 1.29 is 13.9 Å². The van der Waals surface area contributed by atoms with Crippen molar-refractivity contribution in [2.24, 2.45) is 0 Å². The number of para-hydroxylation sites is 1. The number of pyridine rings is 1. The summed E-state index contributed by atoms with van der Waals surface area (Å²) >= 11 is 0. The van der Waals surface area contributed by atoms with E-state index >= 15 is 0 Å². The van der Waals surface area contributed by atoms with Crippen LogP contribution in [-0.2, 0) is 10.8 Å². The summed E-state index contributed by atoms with van der Waals surface area (Å²) in [6.07, 6.45) is 0. The lowest BCUT2D eigenvalue weighted by Crippen LogP contribution is -2.20. The standard InChI is InChI=1S/C26H30FN3O2/c1-25(2,3)17-11-13-18(14-12-17)28-24(31)29-20-15-16-22(27)30-23(20)32-21-10-8-7-9-19(21)26(4,5)6/h7-16H,1-6H3,(H2,28,29,31)/i27-1. The van der Waals surface area contributed by atoms with Crippen LogP contribution in [0.5, 0.6) is 11.6 Å². The first kappa shape index (κ1) is 23.3. The van der Waals surface area contributed by atoms with Crippen molar-refractivity contribution in [3.63, 3.8) is 0 Å². The molecule has 3 aromatic rings. The third-order valence-corrected chi connectivity index (χ3v) is 4.98. The van der Waals surface area contributed by atoms with Gasteiger partial charge in [-0.15, -0.1) is 0 Å². The number of hydrogen-bond donors (Lipinski definition) is 2. The summed E-state index contributed by atoms with van der Waals surface area (Å²) in [5, 5.41) is 5.49. The topological polar surface area (TPSA) is 63.2 Å². The van der Waals surface area contributed by atoms with Crippen molar-refractivity contribution in [1.82, 2.24) is 4.98 Å². The molecule has 32 heavy (non-hydrogen) atoms. The first-order valence-corrected chi connectivity index (χ1v) is 10.6. The van der Waals surface area contributed by atoms with Crippen LogP contribution < -0.4 is 15.4 Å². The third kappa shape index (κ3) is 5.84. The zero-order chi connectivity index (χ0) is 23.5. The highest BCUT2D eigenvalue weighted by atomic mass is 18.2. The van der Waals surface area contributed by atoms with Gasteiger partial charge in [-0.3, -0.25) is 0 Å². The van der Waals surface area contributed by atoms with Gasteiger partial charge in [0.05, 0.1) is 0 Å². The van der Waals surface area contributed by atoms with E-state index in [1.54, 1.807) is 6.07 Å². The largest absolute Gasteiger partial charge is 0.437 e. The Labute approximate surface area is 189 Å². The number of rotatable bonds is 4. The first-order valence-electron chi connectivity index (χ1n) is 10.6. The van der Waals surface area contributed by atoms with Gasteiger partial charge in [-0.05, 0) is 46.7 Å². The molecule has 0 fully saturated rings. The van der Waals surface area contributed by atoms with Crippen LogP contribution in [0.1, 0.15) is 52.7 Å². The molecule has 0 atom stereocenters. The van der Waals surface area contributed by atoms with Crippen LogP contribution in [0.2, 0.25) is 0 Å². The molecule has 1 heterocycles. The smallest absolute Gasteiger partial charge is 0.323 e. The number of amides is 2. The van der Waals surface area contributed by atoms with Crippen LogP contribution in [0.15, 0.2) is 60.7 Å². The molecule has 0 aliphatic rings. The Hall–Kier alpha value is -3.41. The Morgan fingerprint density at radius 2 is 1.50 bits per heavy atom. The van der Waals surface area contributed by atoms with Gasteiger partial charge in [-0.2, -0.15) is 9.37 Å². The average molecular weight is 435 g/mol. The minimum atomic E-state index is -0.697. The molecule has 2 aromatic carbocycles. The molecule has 0 saturated heterocycles. The number of carbonyl (C=O) groups excluding carboxylic acids is 1. The summed E-state index contributed by atoms with van der Waals surface area (Å²) in [6.45, 7) is 12.6. The number of nitrogens with one attached hydrogen (secondary N) is 2. The highest BCUT2D eigenvalue weighted by Gasteiger charge is 2.21. The average Bonchev–Trinajstić information content (AvgIpc) is 2.69. The minimum Gasteiger partial charge on any atom is -0.437 e. The molecule has 3 rings (SSSR count). The van der Waals surface area contributed by atoms with Gasteiger partial charge in [0, 0.05) is 11.3 Å². The van der Waals surface area contributed by atoms with Gasteiger partial charge in [0.25, 0.3) is 0 Å². The highest BCUT2D eigenvalue weighted by Crippen LogP contribution is 2.35. The van der Waals surface area contributed by atoms with Gasteiger partial charge < -0.3 is 15.4 Å². The first-order chi connectivity index (χ1) is 14.9. The zero-order valence-corrected chi connectivity index (χ0v) is 19.4. The summed E-state index contributed by atoms with van der Waals surface area (Å²) in [6, 6.07) is 17.3. The highest BCUT2D eigenvalue weighted by molar-refractivity contribution is 6.00. The molecule has 0 saturated carbocycles. The molecule has 2 amide bonds. The number of hydrogen-bond acceptors (Lipinski definition) is 3. The fraction of sp³-hybridized carbons (Fsp3) is 0.308. The SMILES string of the molecule is CC(C)(C)c1ccc(NC(=O)Nc2ccc([18F])nc2Oc2ccccc2C(C)(C)C)cc1. The predicted molar refractivity (Wildman–Crippen MR) is 127 cm³/mol. The Morgan fingerprint density at radius 3 is 2.12 bits per heavy atom. The van der Waals surface area contributed by atoms with Crippen molar-refractivity contribution in [3.8, 4) is 11.6 Å². The molecule has 0 spiro atoms. The lowest BCUT2D eigenvalue weighted by Gasteiger charge is -2.22. The van der Waals surface area contributed by atoms with Crippen LogP contribution in [0.25, 0.3) is 0 Å². The summed E-state index contributed by atoms with van der Waals surface area (Å²) < 4.78 is 19.8. The van der Waals surface area contributed by atoms with Gasteiger partial charge in [-0.25, -0.2) is 4.79 Å². The van der Waals surface area contributed by atoms with Crippen LogP contribution >= 0.6 is 0 Å². The molecule has 2 N–H and O–H groups in total. The van der Waals surface area contributed by atoms with E-state index in [2.05, 4.69) is 57.2 Å². The van der Waals surface area contributed by atoms with Crippen molar-refractivity contribution in [3.05, 3.63) is 77.7 Å². The number of nitrogens with zero attached hydrogens (tertiary/aromatic N) is 1. The molecule has 6 heteroatoms. The number of aromatic nitrogens is 1. The normalized spacial score (nSPS) is 11.7. The van der Waals surface area contributed by atoms with E-state index in [9.17, 15) is 9.18 Å². The second kappa shape index (κ2) is 8.99. The van der Waals surface area contributed by atoms with Crippen LogP contribution in [0.3, 0.4) is 0 Å². The van der Waals surface area contributed by atoms with E-state index in [0.717, 1.165) is 5.56 Å². The molecule has 0 radical (unpaired) electrons. The molecule has 1 aromatic heterocycles. The maximum absolute atomic E-state index is 13.9. The van der Waals surface area contributed by atoms with E-state index in [-0.39, 0.29) is 22.4 Å². The number of ether oxygens (including phenoxy) is 1. The Kier molecular flexibility index (Phi) is 6.53. The second-order valence-corrected chi connectivity index (χ2v) is 9.74. The summed E-state index contributed by atoms with van der Waals surface area (Å²) in [5.74, 6) is -0.156. The summed E-state index contributed by atoms with van der Waals surface area (Å²) in [4.78, 5) is 16.4. The van der Waals surface area contributed by atoms with Crippen molar-refractivity contribution in [2.75, 3.05) is 10.6 Å². The lowest BCUT2D eigenvalue weighted by atomic mass is 9.86. The van der Waals surface area contributed by atoms with Gasteiger partial charge in [0.2, 0.25) is 11.8 Å². The predicted octanol–water partition coefficient (Wildman–Crippen LogP) is 7.25. The number of halogens is 1. The fourth-order valence-electron chi connectivity index (χ4n) is 3.21. The maximum atomic E-state index is 13.9. The van der Waals surface area contributed by atoms with Gasteiger partial charge in [0.15, 0.2) is 0 Å². The number of benzene rings is 2. The van der Waals surface area contributed by atoms with E-state index in [0.29, 0.717) is 11.4 Å². The van der Waals surface area contributed by atoms with Gasteiger partial charge >= 0.3 is 6.03 Å². The molecule has 168 valence electrons. The molecule has 0 aliphatic heterocycles. The maximum Gasteiger partial charge on any atom is 0.323 e. The van der Waals surface area contributed by atoms with Crippen LogP contribution in [0.4, 0.5) is 20.6 Å². The quantitative estimate of drug-likeness (QED) is 0.425. The van der Waals surface area contributed by atoms with E-state index in [4.69, 9.17) is 4.74 Å². The van der Waals surface area contributed by atoms with Crippen molar-refractivity contribution in [1.29, 1.82) is 0 Å². The monoisotopic (exact) mass is 434 g/mol. The molecular formula is C26H30FN3O2. The van der Waals surface area contributed by atoms with Crippen LogP contribution in [0, 0.1) is 5.95 Å². The van der Waals surface area contributed by atoms with Crippen molar-refractivity contribution >= 4 is 17.4 Å². The number of anilines is 2. The molecule has 0 aliphatic carbocycles. The van der Waals surface area contributed by atoms with Crippen LogP contribution in [-0.4, -0.2) is 11.0 Å². The third-order valence-electron chi connectivity index (χ3n) is 4.98. The Bertz CT molecular complexity index is 1100. The number of carbonyl (C=O) groups is 1. The minimum absolute atomic E-state index is 0.0140. The second-order valence-electron chi connectivity index (χ2n) is 9.74. The molecule has 0 unspecified atom stereocenters. The molecule has 0 bridgehead atoms. The molecule has 5 nitrogen and oxygen atoms in total. The lowest BCUT2D eigenvalue weighted by molar-refractivity contribution is 0.262.